The lowest BCUT2D eigenvalue weighted by molar-refractivity contribution is -0.114. The van der Waals surface area contributed by atoms with Gasteiger partial charge in [-0.05, 0) is 47.5 Å². The highest BCUT2D eigenvalue weighted by Crippen LogP contribution is 2.12. The van der Waals surface area contributed by atoms with Crippen molar-refractivity contribution in [2.75, 3.05) is 0 Å². The van der Waals surface area contributed by atoms with E-state index in [-0.39, 0.29) is 0 Å². The number of benzene rings is 2. The third kappa shape index (κ3) is 6.50. The Morgan fingerprint density at radius 3 is 1.91 bits per heavy atom. The molecule has 23 heavy (non-hydrogen) atoms. The van der Waals surface area contributed by atoms with Crippen molar-refractivity contribution in [3.8, 4) is 0 Å². The Balaban J connectivity index is 1.86. The SMILES string of the molecule is O=C(/C=C\c1ccc(Cl)cc1)N[S+]([O-])/C=C/c1ccc(Cl)cc1. The average Bonchev–Trinajstić information content (AvgIpc) is 2.54. The monoisotopic (exact) mass is 365 g/mol. The van der Waals surface area contributed by atoms with Gasteiger partial charge in [0.05, 0.1) is 0 Å². The Morgan fingerprint density at radius 1 is 0.913 bits per heavy atom. The van der Waals surface area contributed by atoms with Gasteiger partial charge in [0.2, 0.25) is 0 Å². The Morgan fingerprint density at radius 2 is 1.39 bits per heavy atom. The molecule has 0 bridgehead atoms. The summed E-state index contributed by atoms with van der Waals surface area (Å²) < 4.78 is 14.1. The number of carbonyl (C=O) groups is 1. The average molecular weight is 366 g/mol. The van der Waals surface area contributed by atoms with E-state index in [1.54, 1.807) is 60.7 Å². The largest absolute Gasteiger partial charge is 0.588 e. The van der Waals surface area contributed by atoms with Crippen molar-refractivity contribution in [3.63, 3.8) is 0 Å². The number of carbonyl (C=O) groups excluding carboxylic acids is 1. The molecule has 0 spiro atoms. The fraction of sp³-hybridized carbons (Fsp3) is 0. The number of nitrogens with one attached hydrogen (secondary N) is 1. The van der Waals surface area contributed by atoms with E-state index >= 15 is 0 Å². The molecule has 0 aromatic heterocycles. The van der Waals surface area contributed by atoms with Crippen LogP contribution in [0.1, 0.15) is 11.1 Å². The number of rotatable bonds is 5. The van der Waals surface area contributed by atoms with Gasteiger partial charge in [0, 0.05) is 16.1 Å². The minimum atomic E-state index is -1.60. The van der Waals surface area contributed by atoms with Crippen LogP contribution in [0.5, 0.6) is 0 Å². The van der Waals surface area contributed by atoms with Gasteiger partial charge in [0.25, 0.3) is 5.91 Å². The van der Waals surface area contributed by atoms with Crippen molar-refractivity contribution in [1.29, 1.82) is 0 Å². The van der Waals surface area contributed by atoms with Crippen LogP contribution in [0.25, 0.3) is 12.2 Å². The molecule has 2 aromatic rings. The van der Waals surface area contributed by atoms with Gasteiger partial charge in [-0.15, -0.1) is 0 Å². The predicted molar refractivity (Wildman–Crippen MR) is 97.3 cm³/mol. The zero-order valence-corrected chi connectivity index (χ0v) is 14.2. The topological polar surface area (TPSA) is 52.2 Å². The second-order valence-electron chi connectivity index (χ2n) is 4.50. The first-order valence-corrected chi connectivity index (χ1v) is 8.58. The number of hydrogen-bond donors (Lipinski definition) is 1. The molecule has 6 heteroatoms. The summed E-state index contributed by atoms with van der Waals surface area (Å²) in [5.41, 5.74) is 1.67. The first-order valence-electron chi connectivity index (χ1n) is 6.61. The van der Waals surface area contributed by atoms with E-state index < -0.39 is 17.3 Å². The van der Waals surface area contributed by atoms with E-state index in [2.05, 4.69) is 4.72 Å². The summed E-state index contributed by atoms with van der Waals surface area (Å²) in [6.07, 6.45) is 4.58. The fourth-order valence-corrected chi connectivity index (χ4v) is 2.49. The number of hydrogen-bond acceptors (Lipinski definition) is 2. The smallest absolute Gasteiger partial charge is 0.285 e. The zero-order chi connectivity index (χ0) is 16.7. The summed E-state index contributed by atoms with van der Waals surface area (Å²) >= 11 is 9.96. The first-order chi connectivity index (χ1) is 11.0. The molecule has 1 N–H and O–H groups in total. The standard InChI is InChI=1S/C17H13Cl2NO2S/c18-15-6-1-13(2-7-15)5-10-17(21)20-23(22)12-11-14-3-8-16(19)9-4-14/h1-12H,(H,20,21)/b10-5-,12-11+. The van der Waals surface area contributed by atoms with Crippen LogP contribution in [-0.4, -0.2) is 10.5 Å². The van der Waals surface area contributed by atoms with E-state index in [0.29, 0.717) is 10.0 Å². The maximum Gasteiger partial charge on any atom is 0.285 e. The molecule has 1 unspecified atom stereocenters. The molecule has 0 aliphatic rings. The quantitative estimate of drug-likeness (QED) is 0.628. The summed E-state index contributed by atoms with van der Waals surface area (Å²) in [5.74, 6) is -0.445. The van der Waals surface area contributed by atoms with Gasteiger partial charge in [-0.2, -0.15) is 4.72 Å². The van der Waals surface area contributed by atoms with Gasteiger partial charge < -0.3 is 4.55 Å². The second-order valence-corrected chi connectivity index (χ2v) is 6.45. The Labute approximate surface area is 147 Å². The maximum absolute atomic E-state index is 11.8. The molecule has 0 saturated heterocycles. The highest BCUT2D eigenvalue weighted by Gasteiger charge is 2.05. The lowest BCUT2D eigenvalue weighted by Gasteiger charge is -2.03. The van der Waals surface area contributed by atoms with Gasteiger partial charge in [-0.25, -0.2) is 0 Å². The summed E-state index contributed by atoms with van der Waals surface area (Å²) in [5, 5.41) is 2.65. The molecule has 0 saturated carbocycles. The van der Waals surface area contributed by atoms with Crippen molar-refractivity contribution < 1.29 is 9.35 Å². The Hall–Kier alpha value is -1.72. The molecule has 118 valence electrons. The van der Waals surface area contributed by atoms with Crippen LogP contribution < -0.4 is 4.72 Å². The van der Waals surface area contributed by atoms with Gasteiger partial charge >= 0.3 is 0 Å². The molecule has 1 amide bonds. The van der Waals surface area contributed by atoms with Crippen LogP contribution in [0, 0.1) is 0 Å². The van der Waals surface area contributed by atoms with E-state index in [4.69, 9.17) is 23.2 Å². The zero-order valence-electron chi connectivity index (χ0n) is 11.9. The van der Waals surface area contributed by atoms with Gasteiger partial charge in [-0.3, -0.25) is 4.79 Å². The normalized spacial score (nSPS) is 12.7. The molecule has 0 aliphatic carbocycles. The van der Waals surface area contributed by atoms with Crippen LogP contribution in [0.3, 0.4) is 0 Å². The molecule has 0 radical (unpaired) electrons. The summed E-state index contributed by atoms with van der Waals surface area (Å²) in [7, 11) is 0. The third-order valence-corrected chi connectivity index (χ3v) is 4.04. The van der Waals surface area contributed by atoms with Crippen LogP contribution in [-0.2, 0) is 16.2 Å². The predicted octanol–water partition coefficient (Wildman–Crippen LogP) is 4.46. The molecule has 3 nitrogen and oxygen atoms in total. The van der Waals surface area contributed by atoms with Crippen molar-refractivity contribution >= 4 is 52.6 Å². The fourth-order valence-electron chi connectivity index (χ4n) is 1.63. The molecule has 0 fully saturated rings. The lowest BCUT2D eigenvalue weighted by atomic mass is 10.2. The summed E-state index contributed by atoms with van der Waals surface area (Å²) in [6, 6.07) is 14.1. The molecule has 0 aliphatic heterocycles. The number of halogens is 2. The molecular formula is C17H13Cl2NO2S. The van der Waals surface area contributed by atoms with Crippen LogP contribution >= 0.6 is 23.2 Å². The van der Waals surface area contributed by atoms with Crippen molar-refractivity contribution in [1.82, 2.24) is 4.72 Å². The second kappa shape index (κ2) is 8.79. The van der Waals surface area contributed by atoms with Gasteiger partial charge in [0.1, 0.15) is 16.8 Å². The van der Waals surface area contributed by atoms with E-state index in [0.717, 1.165) is 11.1 Å². The highest BCUT2D eigenvalue weighted by atomic mass is 35.5. The van der Waals surface area contributed by atoms with Gasteiger partial charge in [-0.1, -0.05) is 47.5 Å². The van der Waals surface area contributed by atoms with Crippen LogP contribution in [0.2, 0.25) is 10.0 Å². The van der Waals surface area contributed by atoms with E-state index in [1.807, 2.05) is 0 Å². The Kier molecular flexibility index (Phi) is 6.74. The van der Waals surface area contributed by atoms with Crippen molar-refractivity contribution in [3.05, 3.63) is 81.2 Å². The molecule has 2 rings (SSSR count). The Bertz CT molecular complexity index is 712. The molecular weight excluding hydrogens is 353 g/mol. The van der Waals surface area contributed by atoms with E-state index in [1.165, 1.54) is 11.5 Å². The molecule has 1 atom stereocenters. The van der Waals surface area contributed by atoms with E-state index in [9.17, 15) is 9.35 Å². The molecule has 2 aromatic carbocycles. The van der Waals surface area contributed by atoms with Crippen molar-refractivity contribution in [2.45, 2.75) is 0 Å². The van der Waals surface area contributed by atoms with Gasteiger partial charge in [0.15, 0.2) is 0 Å². The van der Waals surface area contributed by atoms with Crippen LogP contribution in [0.4, 0.5) is 0 Å². The highest BCUT2D eigenvalue weighted by molar-refractivity contribution is 7.93. The first kappa shape index (κ1) is 17.6. The lowest BCUT2D eigenvalue weighted by Crippen LogP contribution is -2.26. The maximum atomic E-state index is 11.8. The summed E-state index contributed by atoms with van der Waals surface area (Å²) in [6.45, 7) is 0. The minimum absolute atomic E-state index is 0.445. The van der Waals surface area contributed by atoms with Crippen molar-refractivity contribution in [2.24, 2.45) is 0 Å². The third-order valence-electron chi connectivity index (χ3n) is 2.75. The minimum Gasteiger partial charge on any atom is -0.588 e. The summed E-state index contributed by atoms with van der Waals surface area (Å²) in [4.78, 5) is 11.7. The van der Waals surface area contributed by atoms with Crippen LogP contribution in [0.15, 0.2) is 60.0 Å². The molecule has 0 heterocycles. The number of amides is 1.